The summed E-state index contributed by atoms with van der Waals surface area (Å²) >= 11 is 0. The number of imidazole rings is 1. The molecule has 2 unspecified atom stereocenters. The lowest BCUT2D eigenvalue weighted by Crippen LogP contribution is -2.49. The normalized spacial score (nSPS) is 24.4. The van der Waals surface area contributed by atoms with Gasteiger partial charge in [0.25, 0.3) is 0 Å². The Hall–Kier alpha value is -2.58. The SMILES string of the molecule is Cc1nc2c3c(ccn2c1C)C(C)(OCC(F)(F)F)C(O)[C@@H](c1ccccc1)O3. The topological polar surface area (TPSA) is 56.0 Å². The largest absolute Gasteiger partial charge is 0.479 e. The number of ether oxygens (including phenoxy) is 2. The molecule has 1 aromatic carbocycles. The first-order valence-corrected chi connectivity index (χ1v) is 9.21. The zero-order valence-corrected chi connectivity index (χ0v) is 16.2. The van der Waals surface area contributed by atoms with E-state index in [1.54, 1.807) is 36.5 Å². The maximum atomic E-state index is 13.0. The summed E-state index contributed by atoms with van der Waals surface area (Å²) in [6.07, 6.45) is -5.10. The van der Waals surface area contributed by atoms with E-state index < -0.39 is 30.6 Å². The number of benzene rings is 1. The molecule has 0 amide bonds. The van der Waals surface area contributed by atoms with Crippen molar-refractivity contribution < 1.29 is 27.8 Å². The number of alkyl halides is 3. The minimum atomic E-state index is -4.53. The quantitative estimate of drug-likeness (QED) is 0.707. The van der Waals surface area contributed by atoms with Crippen molar-refractivity contribution in [3.8, 4) is 5.75 Å². The van der Waals surface area contributed by atoms with Crippen LogP contribution in [0, 0.1) is 13.8 Å². The van der Waals surface area contributed by atoms with Gasteiger partial charge in [0.2, 0.25) is 0 Å². The molecule has 5 nitrogen and oxygen atoms in total. The molecule has 0 bridgehead atoms. The third-order valence-electron chi connectivity index (χ3n) is 5.52. The van der Waals surface area contributed by atoms with Gasteiger partial charge in [0, 0.05) is 17.5 Å². The summed E-state index contributed by atoms with van der Waals surface area (Å²) in [4.78, 5) is 4.53. The van der Waals surface area contributed by atoms with Crippen molar-refractivity contribution in [1.29, 1.82) is 0 Å². The van der Waals surface area contributed by atoms with Gasteiger partial charge in [-0.25, -0.2) is 4.98 Å². The first-order chi connectivity index (χ1) is 13.6. The molecule has 0 radical (unpaired) electrons. The minimum absolute atomic E-state index is 0.313. The Morgan fingerprint density at radius 2 is 1.90 bits per heavy atom. The van der Waals surface area contributed by atoms with Crippen LogP contribution in [0.1, 0.15) is 35.5 Å². The average Bonchev–Trinajstić information content (AvgIpc) is 2.98. The molecule has 1 aliphatic heterocycles. The highest BCUT2D eigenvalue weighted by molar-refractivity contribution is 5.63. The molecule has 4 rings (SSSR count). The Morgan fingerprint density at radius 1 is 1.21 bits per heavy atom. The van der Waals surface area contributed by atoms with E-state index in [-0.39, 0.29) is 0 Å². The van der Waals surface area contributed by atoms with E-state index in [1.165, 1.54) is 6.92 Å². The summed E-state index contributed by atoms with van der Waals surface area (Å²) in [5, 5.41) is 11.1. The molecule has 3 atom stereocenters. The van der Waals surface area contributed by atoms with Gasteiger partial charge in [0.05, 0.1) is 5.69 Å². The van der Waals surface area contributed by atoms with Gasteiger partial charge < -0.3 is 19.0 Å². The molecular weight excluding hydrogens is 385 g/mol. The lowest BCUT2D eigenvalue weighted by molar-refractivity contribution is -0.237. The third kappa shape index (κ3) is 3.26. The summed E-state index contributed by atoms with van der Waals surface area (Å²) in [7, 11) is 0. The molecule has 154 valence electrons. The highest BCUT2D eigenvalue weighted by atomic mass is 19.4. The van der Waals surface area contributed by atoms with E-state index in [1.807, 2.05) is 24.3 Å². The Bertz CT molecular complexity index is 1050. The van der Waals surface area contributed by atoms with Gasteiger partial charge in [0.1, 0.15) is 18.3 Å². The smallest absolute Gasteiger partial charge is 0.411 e. The molecule has 0 aliphatic carbocycles. The van der Waals surface area contributed by atoms with Crippen molar-refractivity contribution in [3.63, 3.8) is 0 Å². The number of hydrogen-bond acceptors (Lipinski definition) is 4. The van der Waals surface area contributed by atoms with Crippen LogP contribution in [0.4, 0.5) is 13.2 Å². The zero-order chi connectivity index (χ0) is 21.0. The molecule has 1 N–H and O–H groups in total. The standard InChI is InChI=1S/C21H21F3N2O3/c1-12-13(2)26-10-9-15-17(19(26)25-12)29-16(14-7-5-4-6-8-14)18(27)20(15,3)28-11-21(22,23)24/h4-10,16,18,27H,11H2,1-3H3/t16-,18?,20?/m1/s1. The summed E-state index contributed by atoms with van der Waals surface area (Å²) in [5.41, 5.74) is 1.48. The van der Waals surface area contributed by atoms with Crippen molar-refractivity contribution in [1.82, 2.24) is 9.38 Å². The predicted octanol–water partition coefficient (Wildman–Crippen LogP) is 4.24. The molecule has 0 saturated carbocycles. The van der Waals surface area contributed by atoms with Crippen LogP contribution < -0.4 is 4.74 Å². The monoisotopic (exact) mass is 406 g/mol. The van der Waals surface area contributed by atoms with E-state index in [2.05, 4.69) is 4.98 Å². The van der Waals surface area contributed by atoms with Crippen molar-refractivity contribution in [2.75, 3.05) is 6.61 Å². The summed E-state index contributed by atoms with van der Waals surface area (Å²) < 4.78 is 52.2. The number of aliphatic hydroxyl groups is 1. The first kappa shape index (κ1) is 19.7. The summed E-state index contributed by atoms with van der Waals surface area (Å²) in [5.74, 6) is 0.313. The molecule has 3 heterocycles. The van der Waals surface area contributed by atoms with Crippen LogP contribution in [0.25, 0.3) is 5.65 Å². The fourth-order valence-electron chi connectivity index (χ4n) is 3.75. The number of hydrogen-bond donors (Lipinski definition) is 1. The van der Waals surface area contributed by atoms with E-state index in [9.17, 15) is 18.3 Å². The number of nitrogens with zero attached hydrogens (tertiary/aromatic N) is 2. The second kappa shape index (κ2) is 6.74. The van der Waals surface area contributed by atoms with Crippen LogP contribution in [0.2, 0.25) is 0 Å². The highest BCUT2D eigenvalue weighted by Crippen LogP contribution is 2.48. The Labute approximate surface area is 165 Å². The summed E-state index contributed by atoms with van der Waals surface area (Å²) in [6, 6.07) is 10.5. The molecule has 1 aliphatic rings. The van der Waals surface area contributed by atoms with Gasteiger partial charge >= 0.3 is 6.18 Å². The Morgan fingerprint density at radius 3 is 2.55 bits per heavy atom. The second-order valence-corrected chi connectivity index (χ2v) is 7.44. The van der Waals surface area contributed by atoms with Crippen LogP contribution in [-0.2, 0) is 10.3 Å². The maximum absolute atomic E-state index is 13.0. The fraction of sp³-hybridized carbons (Fsp3) is 0.381. The van der Waals surface area contributed by atoms with Crippen LogP contribution in [0.15, 0.2) is 42.6 Å². The van der Waals surface area contributed by atoms with Gasteiger partial charge in [-0.1, -0.05) is 30.3 Å². The van der Waals surface area contributed by atoms with Crippen molar-refractivity contribution in [2.24, 2.45) is 0 Å². The number of aromatic nitrogens is 2. The number of pyridine rings is 1. The maximum Gasteiger partial charge on any atom is 0.411 e. The number of fused-ring (bicyclic) bond motifs is 3. The predicted molar refractivity (Wildman–Crippen MR) is 99.8 cm³/mol. The van der Waals surface area contributed by atoms with E-state index in [0.29, 0.717) is 22.5 Å². The van der Waals surface area contributed by atoms with Crippen molar-refractivity contribution in [3.05, 3.63) is 65.1 Å². The highest BCUT2D eigenvalue weighted by Gasteiger charge is 2.50. The number of aryl methyl sites for hydroxylation is 2. The van der Waals surface area contributed by atoms with E-state index in [4.69, 9.17) is 9.47 Å². The van der Waals surface area contributed by atoms with Gasteiger partial charge in [-0.3, -0.25) is 0 Å². The third-order valence-corrected chi connectivity index (χ3v) is 5.52. The molecule has 0 saturated heterocycles. The van der Waals surface area contributed by atoms with Crippen molar-refractivity contribution >= 4 is 5.65 Å². The Balaban J connectivity index is 1.91. The average molecular weight is 406 g/mol. The van der Waals surface area contributed by atoms with Gasteiger partial charge in [-0.15, -0.1) is 0 Å². The van der Waals surface area contributed by atoms with E-state index in [0.717, 1.165) is 11.4 Å². The van der Waals surface area contributed by atoms with Crippen LogP contribution in [0.3, 0.4) is 0 Å². The molecule has 29 heavy (non-hydrogen) atoms. The molecule has 3 aromatic rings. The zero-order valence-electron chi connectivity index (χ0n) is 16.2. The lowest BCUT2D eigenvalue weighted by Gasteiger charge is -2.44. The molecule has 0 fully saturated rings. The molecule has 0 spiro atoms. The molecule has 8 heteroatoms. The first-order valence-electron chi connectivity index (χ1n) is 9.21. The van der Waals surface area contributed by atoms with Crippen molar-refractivity contribution in [2.45, 2.75) is 44.8 Å². The lowest BCUT2D eigenvalue weighted by atomic mass is 9.82. The van der Waals surface area contributed by atoms with Crippen LogP contribution >= 0.6 is 0 Å². The number of halogens is 3. The van der Waals surface area contributed by atoms with Gasteiger partial charge in [-0.2, -0.15) is 13.2 Å². The van der Waals surface area contributed by atoms with Gasteiger partial charge in [0.15, 0.2) is 17.5 Å². The van der Waals surface area contributed by atoms with E-state index >= 15 is 0 Å². The molecule has 2 aromatic heterocycles. The van der Waals surface area contributed by atoms with Gasteiger partial charge in [-0.05, 0) is 32.4 Å². The van der Waals surface area contributed by atoms with Crippen LogP contribution in [-0.4, -0.2) is 33.4 Å². The van der Waals surface area contributed by atoms with Crippen LogP contribution in [0.5, 0.6) is 5.75 Å². The number of rotatable bonds is 3. The minimum Gasteiger partial charge on any atom is -0.479 e. The molecular formula is C21H21F3N2O3. The summed E-state index contributed by atoms with van der Waals surface area (Å²) in [6.45, 7) is 3.72. The Kier molecular flexibility index (Phi) is 4.59. The number of aliphatic hydroxyl groups excluding tert-OH is 1. The fourth-order valence-corrected chi connectivity index (χ4v) is 3.75. The second-order valence-electron chi connectivity index (χ2n) is 7.44.